The van der Waals surface area contributed by atoms with E-state index in [2.05, 4.69) is 24.4 Å². The number of benzene rings is 1. The molecule has 19 heavy (non-hydrogen) atoms. The van der Waals surface area contributed by atoms with Gasteiger partial charge in [-0.05, 0) is 49.7 Å². The molecule has 3 rings (SSSR count). The number of nitrogens with one attached hydrogen (secondary N) is 1. The lowest BCUT2D eigenvalue weighted by atomic mass is 9.57. The quantitative estimate of drug-likeness (QED) is 0.810. The topological polar surface area (TPSA) is 12.0 Å². The normalized spacial score (nSPS) is 26.9. The van der Waals surface area contributed by atoms with Gasteiger partial charge in [0.1, 0.15) is 0 Å². The van der Waals surface area contributed by atoms with Gasteiger partial charge in [0.05, 0.1) is 0 Å². The molecule has 0 heterocycles. The second kappa shape index (κ2) is 5.46. The van der Waals surface area contributed by atoms with E-state index >= 15 is 0 Å². The molecule has 1 aromatic rings. The molecule has 2 heteroatoms. The van der Waals surface area contributed by atoms with Gasteiger partial charge in [-0.3, -0.25) is 0 Å². The first-order valence-electron chi connectivity index (χ1n) is 7.72. The Bertz CT molecular complexity index is 437. The Hall–Kier alpha value is -0.530. The summed E-state index contributed by atoms with van der Waals surface area (Å²) in [5.74, 6) is 0. The van der Waals surface area contributed by atoms with Crippen molar-refractivity contribution in [3.8, 4) is 0 Å². The van der Waals surface area contributed by atoms with Crippen LogP contribution in [0.25, 0.3) is 0 Å². The summed E-state index contributed by atoms with van der Waals surface area (Å²) < 4.78 is 0. The zero-order chi connectivity index (χ0) is 13.3. The third kappa shape index (κ3) is 2.55. The van der Waals surface area contributed by atoms with Crippen molar-refractivity contribution in [2.45, 2.75) is 64.0 Å². The van der Waals surface area contributed by atoms with Crippen LogP contribution in [-0.4, -0.2) is 6.04 Å². The van der Waals surface area contributed by atoms with Crippen LogP contribution in [0.4, 0.5) is 0 Å². The number of halogens is 1. The molecule has 2 fully saturated rings. The van der Waals surface area contributed by atoms with Gasteiger partial charge in [-0.2, -0.15) is 0 Å². The van der Waals surface area contributed by atoms with Crippen LogP contribution in [0.2, 0.25) is 5.02 Å². The summed E-state index contributed by atoms with van der Waals surface area (Å²) in [6.45, 7) is 2.25. The van der Waals surface area contributed by atoms with Crippen molar-refractivity contribution in [1.82, 2.24) is 5.32 Å². The third-order valence-corrected chi connectivity index (χ3v) is 5.69. The first-order valence-corrected chi connectivity index (χ1v) is 8.10. The summed E-state index contributed by atoms with van der Waals surface area (Å²) in [6.07, 6.45) is 9.93. The Labute approximate surface area is 121 Å². The Morgan fingerprint density at radius 3 is 2.53 bits per heavy atom. The lowest BCUT2D eigenvalue weighted by molar-refractivity contribution is 0.0174. The maximum atomic E-state index is 6.30. The van der Waals surface area contributed by atoms with Crippen molar-refractivity contribution in [3.05, 3.63) is 34.9 Å². The first-order chi connectivity index (χ1) is 9.21. The van der Waals surface area contributed by atoms with Crippen LogP contribution < -0.4 is 5.32 Å². The van der Waals surface area contributed by atoms with Gasteiger partial charge in [-0.25, -0.2) is 0 Å². The maximum absolute atomic E-state index is 6.30. The van der Waals surface area contributed by atoms with E-state index in [1.54, 1.807) is 0 Å². The number of hydrogen-bond donors (Lipinski definition) is 1. The van der Waals surface area contributed by atoms with Crippen molar-refractivity contribution < 1.29 is 0 Å². The maximum Gasteiger partial charge on any atom is 0.0453 e. The molecule has 0 radical (unpaired) electrons. The Kier molecular flexibility index (Phi) is 3.86. The summed E-state index contributed by atoms with van der Waals surface area (Å²) in [6, 6.07) is 9.29. The molecule has 1 spiro atoms. The van der Waals surface area contributed by atoms with Crippen LogP contribution in [-0.2, 0) is 0 Å². The average molecular weight is 278 g/mol. The molecule has 0 bridgehead atoms. The molecule has 2 aliphatic rings. The Morgan fingerprint density at radius 1 is 1.16 bits per heavy atom. The van der Waals surface area contributed by atoms with E-state index in [9.17, 15) is 0 Å². The molecule has 1 aromatic carbocycles. The van der Waals surface area contributed by atoms with Gasteiger partial charge >= 0.3 is 0 Å². The van der Waals surface area contributed by atoms with Gasteiger partial charge in [0.25, 0.3) is 0 Å². The van der Waals surface area contributed by atoms with Crippen molar-refractivity contribution in [3.63, 3.8) is 0 Å². The van der Waals surface area contributed by atoms with Gasteiger partial charge in [0, 0.05) is 17.1 Å². The van der Waals surface area contributed by atoms with Crippen LogP contribution in [0.15, 0.2) is 24.3 Å². The standard InChI is InChI=1S/C17H24ClN/c1-13(14-7-3-4-8-15(14)18)19-16-9-12-17(16)10-5-2-6-11-17/h3-4,7-8,13,16,19H,2,5-6,9-12H2,1H3/t13-,16?/m1/s1. The summed E-state index contributed by atoms with van der Waals surface area (Å²) >= 11 is 6.30. The van der Waals surface area contributed by atoms with Crippen LogP contribution in [0, 0.1) is 5.41 Å². The van der Waals surface area contributed by atoms with Crippen molar-refractivity contribution in [2.75, 3.05) is 0 Å². The molecule has 2 saturated carbocycles. The minimum Gasteiger partial charge on any atom is -0.307 e. The van der Waals surface area contributed by atoms with Crippen LogP contribution >= 0.6 is 11.6 Å². The molecule has 2 atom stereocenters. The highest BCUT2D eigenvalue weighted by Crippen LogP contribution is 2.52. The monoisotopic (exact) mass is 277 g/mol. The molecule has 0 saturated heterocycles. The SMILES string of the molecule is C[C@@H](NC1CCC12CCCCC2)c1ccccc1Cl. The number of rotatable bonds is 3. The second-order valence-electron chi connectivity index (χ2n) is 6.42. The average Bonchev–Trinajstić information content (AvgIpc) is 2.45. The highest BCUT2D eigenvalue weighted by Gasteiger charge is 2.46. The highest BCUT2D eigenvalue weighted by molar-refractivity contribution is 6.31. The molecule has 1 unspecified atom stereocenters. The van der Waals surface area contributed by atoms with E-state index in [1.165, 1.54) is 50.5 Å². The minimum absolute atomic E-state index is 0.359. The minimum atomic E-state index is 0.359. The Balaban J connectivity index is 1.67. The molecule has 104 valence electrons. The smallest absolute Gasteiger partial charge is 0.0453 e. The van der Waals surface area contributed by atoms with Crippen LogP contribution in [0.3, 0.4) is 0 Å². The lowest BCUT2D eigenvalue weighted by Gasteiger charge is -2.53. The van der Waals surface area contributed by atoms with E-state index in [1.807, 2.05) is 12.1 Å². The fourth-order valence-corrected chi connectivity index (χ4v) is 4.33. The van der Waals surface area contributed by atoms with Crippen molar-refractivity contribution >= 4 is 11.6 Å². The first kappa shape index (κ1) is 13.5. The van der Waals surface area contributed by atoms with Crippen LogP contribution in [0.1, 0.15) is 63.5 Å². The predicted molar refractivity (Wildman–Crippen MR) is 81.5 cm³/mol. The molecular formula is C17H24ClN. The Morgan fingerprint density at radius 2 is 1.89 bits per heavy atom. The zero-order valence-electron chi connectivity index (χ0n) is 11.8. The van der Waals surface area contributed by atoms with Crippen molar-refractivity contribution in [1.29, 1.82) is 0 Å². The molecule has 0 aliphatic heterocycles. The van der Waals surface area contributed by atoms with E-state index in [4.69, 9.17) is 11.6 Å². The van der Waals surface area contributed by atoms with Crippen molar-refractivity contribution in [2.24, 2.45) is 5.41 Å². The lowest BCUT2D eigenvalue weighted by Crippen LogP contribution is -2.54. The third-order valence-electron chi connectivity index (χ3n) is 5.34. The summed E-state index contributed by atoms with van der Waals surface area (Å²) in [5.41, 5.74) is 1.86. The predicted octanol–water partition coefficient (Wildman–Crippen LogP) is 5.10. The largest absolute Gasteiger partial charge is 0.307 e. The summed E-state index contributed by atoms with van der Waals surface area (Å²) in [5, 5.41) is 4.74. The summed E-state index contributed by atoms with van der Waals surface area (Å²) in [4.78, 5) is 0. The highest BCUT2D eigenvalue weighted by atomic mass is 35.5. The molecule has 0 amide bonds. The van der Waals surface area contributed by atoms with E-state index in [0.29, 0.717) is 17.5 Å². The van der Waals surface area contributed by atoms with Gasteiger partial charge in [0.2, 0.25) is 0 Å². The fraction of sp³-hybridized carbons (Fsp3) is 0.647. The van der Waals surface area contributed by atoms with Gasteiger partial charge in [-0.1, -0.05) is 49.1 Å². The molecule has 1 nitrogen and oxygen atoms in total. The van der Waals surface area contributed by atoms with E-state index < -0.39 is 0 Å². The second-order valence-corrected chi connectivity index (χ2v) is 6.83. The fourth-order valence-electron chi connectivity index (χ4n) is 4.03. The molecular weight excluding hydrogens is 254 g/mol. The van der Waals surface area contributed by atoms with Gasteiger partial charge < -0.3 is 5.32 Å². The molecule has 0 aromatic heterocycles. The van der Waals surface area contributed by atoms with Gasteiger partial charge in [-0.15, -0.1) is 0 Å². The number of hydrogen-bond acceptors (Lipinski definition) is 1. The zero-order valence-corrected chi connectivity index (χ0v) is 12.5. The molecule has 2 aliphatic carbocycles. The molecule has 1 N–H and O–H groups in total. The summed E-state index contributed by atoms with van der Waals surface area (Å²) in [7, 11) is 0. The van der Waals surface area contributed by atoms with E-state index in [-0.39, 0.29) is 0 Å². The van der Waals surface area contributed by atoms with Gasteiger partial charge in [0.15, 0.2) is 0 Å². The van der Waals surface area contributed by atoms with E-state index in [0.717, 1.165) is 5.02 Å². The van der Waals surface area contributed by atoms with Crippen LogP contribution in [0.5, 0.6) is 0 Å².